The first-order chi connectivity index (χ1) is 15.6. The minimum Gasteiger partial charge on any atom is -0.481 e. The zero-order valence-corrected chi connectivity index (χ0v) is 19.4. The lowest BCUT2D eigenvalue weighted by molar-refractivity contribution is -0.136. The van der Waals surface area contributed by atoms with Crippen molar-refractivity contribution in [1.82, 2.24) is 9.97 Å². The highest BCUT2D eigenvalue weighted by molar-refractivity contribution is 6.07. The van der Waals surface area contributed by atoms with E-state index in [2.05, 4.69) is 23.2 Å². The number of aryl methyl sites for hydroxylation is 1. The number of aromatic nitrogens is 2. The maximum Gasteiger partial charge on any atom is 0.307 e. The molecule has 2 heterocycles. The van der Waals surface area contributed by atoms with Crippen LogP contribution in [0.3, 0.4) is 0 Å². The fraction of sp³-hybridized carbons (Fsp3) is 0.321. The molecule has 1 fully saturated rings. The summed E-state index contributed by atoms with van der Waals surface area (Å²) < 4.78 is 0. The Morgan fingerprint density at radius 1 is 1.06 bits per heavy atom. The first kappa shape index (κ1) is 21.5. The Labute approximate surface area is 193 Å². The van der Waals surface area contributed by atoms with E-state index in [0.717, 1.165) is 38.8 Å². The van der Waals surface area contributed by atoms with Crippen LogP contribution in [0.5, 0.6) is 0 Å². The first-order valence-electron chi connectivity index (χ1n) is 11.4. The molecule has 2 unspecified atom stereocenters. The van der Waals surface area contributed by atoms with E-state index < -0.39 is 11.6 Å². The summed E-state index contributed by atoms with van der Waals surface area (Å²) in [6, 6.07) is 14.5. The predicted molar refractivity (Wildman–Crippen MR) is 131 cm³/mol. The van der Waals surface area contributed by atoms with Gasteiger partial charge in [0.15, 0.2) is 0 Å². The molecule has 5 nitrogen and oxygen atoms in total. The molecule has 6 rings (SSSR count). The molecule has 0 amide bonds. The third kappa shape index (κ3) is 3.87. The number of hydrogen-bond donors (Lipinski definition) is 2. The van der Waals surface area contributed by atoms with Gasteiger partial charge in [0.05, 0.1) is 23.1 Å². The van der Waals surface area contributed by atoms with Crippen LogP contribution >= 0.6 is 0 Å². The Morgan fingerprint density at radius 3 is 2.42 bits per heavy atom. The number of carbonyl (C=O) groups is 1. The highest BCUT2D eigenvalue weighted by atomic mass is 16.4. The van der Waals surface area contributed by atoms with Gasteiger partial charge in [-0.1, -0.05) is 30.3 Å². The van der Waals surface area contributed by atoms with Crippen LogP contribution in [0.15, 0.2) is 48.7 Å². The minimum atomic E-state index is -0.846. The van der Waals surface area contributed by atoms with Gasteiger partial charge in [-0.15, -0.1) is 0 Å². The zero-order chi connectivity index (χ0) is 23.5. The van der Waals surface area contributed by atoms with Crippen LogP contribution in [0.25, 0.3) is 32.9 Å². The molecular formula is C28H28N2O3. The number of rotatable bonds is 3. The summed E-state index contributed by atoms with van der Waals surface area (Å²) in [6.45, 7) is 7.13. The van der Waals surface area contributed by atoms with E-state index in [1.807, 2.05) is 37.4 Å². The van der Waals surface area contributed by atoms with E-state index in [4.69, 9.17) is 10.1 Å². The summed E-state index contributed by atoms with van der Waals surface area (Å²) in [5, 5.41) is 20.3. The van der Waals surface area contributed by atoms with Crippen molar-refractivity contribution in [2.45, 2.75) is 58.0 Å². The molecule has 0 bridgehead atoms. The lowest BCUT2D eigenvalue weighted by Gasteiger charge is -2.17. The van der Waals surface area contributed by atoms with Crippen LogP contribution < -0.4 is 0 Å². The molecule has 4 aromatic rings. The quantitative estimate of drug-likeness (QED) is 0.424. The first-order valence-corrected chi connectivity index (χ1v) is 11.4. The molecule has 2 aliphatic carbocycles. The van der Waals surface area contributed by atoms with Crippen molar-refractivity contribution in [2.75, 3.05) is 0 Å². The second-order valence-corrected chi connectivity index (χ2v) is 10.1. The van der Waals surface area contributed by atoms with Crippen LogP contribution in [0.4, 0.5) is 0 Å². The summed E-state index contributed by atoms with van der Waals surface area (Å²) in [5.74, 6) is 0.442. The average Bonchev–Trinajstić information content (AvgIpc) is 3.46. The fourth-order valence-electron chi connectivity index (χ4n) is 5.07. The number of aliphatic hydroxyl groups is 1. The van der Waals surface area contributed by atoms with Gasteiger partial charge in [0.2, 0.25) is 0 Å². The minimum absolute atomic E-state index is 0.0484. The lowest BCUT2D eigenvalue weighted by atomic mass is 9.89. The Bertz CT molecular complexity index is 1400. The number of fused-ring (bicyclic) bond motifs is 4. The molecule has 2 aliphatic rings. The largest absolute Gasteiger partial charge is 0.481 e. The zero-order valence-electron chi connectivity index (χ0n) is 19.4. The molecule has 0 aliphatic heterocycles. The normalized spacial score (nSPS) is 18.1. The molecule has 0 radical (unpaired) electrons. The summed E-state index contributed by atoms with van der Waals surface area (Å²) in [6.07, 6.45) is 3.10. The van der Waals surface area contributed by atoms with Crippen molar-refractivity contribution in [2.24, 2.45) is 0 Å². The Morgan fingerprint density at radius 2 is 1.73 bits per heavy atom. The van der Waals surface area contributed by atoms with Gasteiger partial charge in [-0.05, 0) is 80.3 Å². The van der Waals surface area contributed by atoms with Crippen molar-refractivity contribution >= 4 is 27.8 Å². The maximum atomic E-state index is 11.6. The number of carboxylic acids is 1. The molecule has 2 aromatic heterocycles. The number of hydrogen-bond acceptors (Lipinski definition) is 4. The van der Waals surface area contributed by atoms with Crippen molar-refractivity contribution in [3.8, 4) is 11.1 Å². The molecule has 0 saturated heterocycles. The van der Waals surface area contributed by atoms with Gasteiger partial charge in [0, 0.05) is 28.2 Å². The van der Waals surface area contributed by atoms with Gasteiger partial charge in [-0.25, -0.2) is 0 Å². The van der Waals surface area contributed by atoms with E-state index in [1.165, 1.54) is 22.9 Å². The van der Waals surface area contributed by atoms with Gasteiger partial charge in [0.1, 0.15) is 0 Å². The molecule has 168 valence electrons. The Hall–Kier alpha value is -3.31. The van der Waals surface area contributed by atoms with Crippen molar-refractivity contribution in [3.63, 3.8) is 0 Å². The second kappa shape index (κ2) is 7.63. The van der Waals surface area contributed by atoms with Gasteiger partial charge in [0.25, 0.3) is 0 Å². The van der Waals surface area contributed by atoms with E-state index in [1.54, 1.807) is 20.8 Å². The predicted octanol–water partition coefficient (Wildman–Crippen LogP) is 5.75. The summed E-state index contributed by atoms with van der Waals surface area (Å²) in [5.41, 5.74) is 7.70. The third-order valence-electron chi connectivity index (χ3n) is 6.34. The summed E-state index contributed by atoms with van der Waals surface area (Å²) in [4.78, 5) is 21.1. The van der Waals surface area contributed by atoms with E-state index in [-0.39, 0.29) is 6.42 Å². The average molecular weight is 441 g/mol. The Kier molecular flexibility index (Phi) is 4.98. The number of aliphatic carboxylic acids is 1. The topological polar surface area (TPSA) is 83.3 Å². The van der Waals surface area contributed by atoms with Crippen LogP contribution in [-0.2, 0) is 11.2 Å². The molecule has 2 aromatic carbocycles. The van der Waals surface area contributed by atoms with Crippen LogP contribution in [-0.4, -0.2) is 31.8 Å². The van der Waals surface area contributed by atoms with Gasteiger partial charge in [-0.3, -0.25) is 14.8 Å². The maximum absolute atomic E-state index is 11.6. The molecule has 1 saturated carbocycles. The highest BCUT2D eigenvalue weighted by Crippen LogP contribution is 2.63. The molecule has 33 heavy (non-hydrogen) atoms. The molecule has 2 N–H and O–H groups in total. The number of para-hydroxylation sites is 1. The van der Waals surface area contributed by atoms with Crippen molar-refractivity contribution in [3.05, 3.63) is 71.0 Å². The van der Waals surface area contributed by atoms with E-state index in [0.29, 0.717) is 11.8 Å². The Balaban J connectivity index is 0.000000416. The SMILES string of the molecule is CC(C)(C)O.Cc1nc2ccccc2c(-c2ccc3c4c(ccnc24)C2CC32)c1CC(=O)O. The number of benzene rings is 2. The van der Waals surface area contributed by atoms with Crippen LogP contribution in [0, 0.1) is 6.92 Å². The van der Waals surface area contributed by atoms with Crippen molar-refractivity contribution < 1.29 is 15.0 Å². The number of carboxylic acid groups (broad SMARTS) is 1. The third-order valence-corrected chi connectivity index (χ3v) is 6.34. The molecular weight excluding hydrogens is 412 g/mol. The fourth-order valence-corrected chi connectivity index (χ4v) is 5.07. The van der Waals surface area contributed by atoms with E-state index in [9.17, 15) is 9.90 Å². The monoisotopic (exact) mass is 440 g/mol. The standard InChI is InChI=1S/C24H18N2O2.C4H10O/c1-12-17(11-21(27)28)22(15-4-2-3-5-20(15)26-12)16-7-6-13-18-10-19(18)14-8-9-25-24(16)23(13)14;1-4(2,3)5/h2-9,18-19H,10-11H2,1H3,(H,27,28);5H,1-3H3. The molecule has 5 heteroatoms. The number of pyridine rings is 2. The second-order valence-electron chi connectivity index (χ2n) is 10.1. The van der Waals surface area contributed by atoms with Gasteiger partial charge < -0.3 is 10.2 Å². The van der Waals surface area contributed by atoms with Gasteiger partial charge in [-0.2, -0.15) is 0 Å². The highest BCUT2D eigenvalue weighted by Gasteiger charge is 2.47. The summed E-state index contributed by atoms with van der Waals surface area (Å²) in [7, 11) is 0. The summed E-state index contributed by atoms with van der Waals surface area (Å²) >= 11 is 0. The van der Waals surface area contributed by atoms with Crippen molar-refractivity contribution in [1.29, 1.82) is 0 Å². The lowest BCUT2D eigenvalue weighted by Crippen LogP contribution is -2.10. The van der Waals surface area contributed by atoms with E-state index >= 15 is 0 Å². The van der Waals surface area contributed by atoms with Gasteiger partial charge >= 0.3 is 5.97 Å². The number of nitrogens with zero attached hydrogens (tertiary/aromatic N) is 2. The molecule has 2 atom stereocenters. The van der Waals surface area contributed by atoms with Crippen LogP contribution in [0.1, 0.15) is 61.4 Å². The smallest absolute Gasteiger partial charge is 0.307 e. The van der Waals surface area contributed by atoms with Crippen LogP contribution in [0.2, 0.25) is 0 Å². The molecule has 0 spiro atoms.